The van der Waals surface area contributed by atoms with Crippen molar-refractivity contribution >= 4 is 5.78 Å². The van der Waals surface area contributed by atoms with Gasteiger partial charge in [0.05, 0.1) is 6.04 Å². The molecule has 0 fully saturated rings. The number of hydrogen-bond acceptors (Lipinski definition) is 5. The molecule has 0 saturated carbocycles. The number of benzene rings is 1. The van der Waals surface area contributed by atoms with E-state index in [1.165, 1.54) is 18.5 Å². The van der Waals surface area contributed by atoms with E-state index in [4.69, 9.17) is 0 Å². The van der Waals surface area contributed by atoms with Gasteiger partial charge in [0.15, 0.2) is 12.0 Å². The normalized spacial score (nSPS) is 19.9. The summed E-state index contributed by atoms with van der Waals surface area (Å²) >= 11 is 0. The van der Waals surface area contributed by atoms with Crippen LogP contribution in [-0.4, -0.2) is 38.6 Å². The lowest BCUT2D eigenvalue weighted by molar-refractivity contribution is 0.0971. The van der Waals surface area contributed by atoms with Crippen molar-refractivity contribution in [2.24, 2.45) is 0 Å². The number of hydrazine groups is 1. The van der Waals surface area contributed by atoms with E-state index in [-0.39, 0.29) is 23.5 Å². The zero-order valence-corrected chi connectivity index (χ0v) is 18.1. The predicted molar refractivity (Wildman–Crippen MR) is 116 cm³/mol. The minimum Gasteiger partial charge on any atom is -0.313 e. The quantitative estimate of drug-likeness (QED) is 0.662. The minimum absolute atomic E-state index is 0.117. The summed E-state index contributed by atoms with van der Waals surface area (Å²) in [5.41, 5.74) is 5.64. The molecule has 162 valence electrons. The largest absolute Gasteiger partial charge is 0.313 e. The van der Waals surface area contributed by atoms with Crippen molar-refractivity contribution in [3.05, 3.63) is 59.3 Å². The second kappa shape index (κ2) is 10.5. The molecule has 3 heterocycles. The Labute approximate surface area is 178 Å². The lowest BCUT2D eigenvalue weighted by Crippen LogP contribution is -2.31. The molecule has 0 radical (unpaired) electrons. The third kappa shape index (κ3) is 5.14. The topological polar surface area (TPSA) is 63.1 Å². The molecule has 0 spiro atoms. The number of aromatic nitrogens is 3. The van der Waals surface area contributed by atoms with E-state index in [1.54, 1.807) is 4.68 Å². The molecule has 2 atom stereocenters. The van der Waals surface area contributed by atoms with Gasteiger partial charge in [0.2, 0.25) is 11.6 Å². The van der Waals surface area contributed by atoms with Gasteiger partial charge in [0, 0.05) is 31.6 Å². The number of nitrogens with zero attached hydrogens (tertiary/aromatic N) is 4. The molecular formula is C23H32FN5O. The molecule has 2 aliphatic rings. The number of nitrogens with one attached hydrogen (secondary N) is 1. The molecular weight excluding hydrogens is 381 g/mol. The van der Waals surface area contributed by atoms with E-state index in [1.807, 2.05) is 37.3 Å². The molecule has 0 bridgehead atoms. The maximum absolute atomic E-state index is 14.1. The lowest BCUT2D eigenvalue weighted by atomic mass is 10.0. The summed E-state index contributed by atoms with van der Waals surface area (Å²) in [6.45, 7) is 8.45. The van der Waals surface area contributed by atoms with Crippen molar-refractivity contribution in [2.75, 3.05) is 13.1 Å². The van der Waals surface area contributed by atoms with Crippen molar-refractivity contribution < 1.29 is 9.18 Å². The van der Waals surface area contributed by atoms with Gasteiger partial charge in [0.25, 0.3) is 0 Å². The van der Waals surface area contributed by atoms with Crippen molar-refractivity contribution in [3.63, 3.8) is 0 Å². The summed E-state index contributed by atoms with van der Waals surface area (Å²) in [4.78, 5) is 15.9. The van der Waals surface area contributed by atoms with Crippen molar-refractivity contribution in [3.8, 4) is 0 Å². The average Bonchev–Trinajstić information content (AvgIpc) is 3.45. The van der Waals surface area contributed by atoms with Crippen molar-refractivity contribution in [1.29, 1.82) is 0 Å². The highest BCUT2D eigenvalue weighted by Crippen LogP contribution is 2.39. The minimum atomic E-state index is -1.16. The Kier molecular flexibility index (Phi) is 7.74. The highest BCUT2D eigenvalue weighted by atomic mass is 19.1. The first-order valence-corrected chi connectivity index (χ1v) is 10.9. The molecule has 0 amide bonds. The summed E-state index contributed by atoms with van der Waals surface area (Å²) in [5.74, 6) is 0.303. The molecule has 2 aromatic rings. The Balaban J connectivity index is 0.000000216. The van der Waals surface area contributed by atoms with Gasteiger partial charge in [0.1, 0.15) is 0 Å². The molecule has 1 N–H and O–H groups in total. The number of halogens is 1. The maximum atomic E-state index is 14.1. The van der Waals surface area contributed by atoms with Crippen LogP contribution < -0.4 is 5.43 Å². The number of alkyl halides is 1. The summed E-state index contributed by atoms with van der Waals surface area (Å²) in [6.07, 6.45) is 5.08. The standard InChI is InChI=1S/C15H16FN3O.C8H16N2/c1-2-6-13(20)14-17-15-11(16)9-12(19(15)18-14)10-7-4-3-5-8-10;1-3-4-7-10-8(2)5-6-9-10/h3-5,7-8,11-12H,2,6,9H2,1H3;5,9H,3-4,6-7H2,1-2H3. The molecule has 0 saturated heterocycles. The molecule has 4 rings (SSSR count). The third-order valence-electron chi connectivity index (χ3n) is 5.41. The van der Waals surface area contributed by atoms with Crippen LogP contribution in [0.25, 0.3) is 0 Å². The number of carbonyl (C=O) groups excluding carboxylic acids is 1. The number of allylic oxidation sites excluding steroid dienone is 1. The van der Waals surface area contributed by atoms with E-state index in [0.717, 1.165) is 25.1 Å². The number of unbranched alkanes of at least 4 members (excludes halogenated alkanes) is 1. The van der Waals surface area contributed by atoms with E-state index in [0.29, 0.717) is 12.8 Å². The van der Waals surface area contributed by atoms with Gasteiger partial charge in [-0.3, -0.25) is 4.79 Å². The van der Waals surface area contributed by atoms with Crippen LogP contribution in [0.15, 0.2) is 42.1 Å². The van der Waals surface area contributed by atoms with Gasteiger partial charge in [-0.15, -0.1) is 5.10 Å². The molecule has 1 aromatic carbocycles. The summed E-state index contributed by atoms with van der Waals surface area (Å²) in [6, 6.07) is 9.48. The second-order valence-electron chi connectivity index (χ2n) is 7.75. The van der Waals surface area contributed by atoms with Crippen LogP contribution in [-0.2, 0) is 0 Å². The molecule has 30 heavy (non-hydrogen) atoms. The van der Waals surface area contributed by atoms with Gasteiger partial charge in [-0.2, -0.15) is 0 Å². The molecule has 2 aliphatic heterocycles. The molecule has 7 heteroatoms. The third-order valence-corrected chi connectivity index (χ3v) is 5.41. The highest BCUT2D eigenvalue weighted by Gasteiger charge is 2.36. The number of ketones is 1. The van der Waals surface area contributed by atoms with Crippen LogP contribution in [0.5, 0.6) is 0 Å². The Morgan fingerprint density at radius 3 is 2.63 bits per heavy atom. The number of hydrogen-bond donors (Lipinski definition) is 1. The zero-order chi connectivity index (χ0) is 21.5. The fourth-order valence-electron chi connectivity index (χ4n) is 3.70. The Morgan fingerprint density at radius 1 is 1.23 bits per heavy atom. The van der Waals surface area contributed by atoms with Crippen molar-refractivity contribution in [1.82, 2.24) is 25.2 Å². The SMILES string of the molecule is CCCC(=O)c1nc2n(n1)C(c1ccccc1)CC2F.CCCCN1NCC=C1C. The maximum Gasteiger partial charge on any atom is 0.217 e. The number of rotatable bonds is 7. The smallest absolute Gasteiger partial charge is 0.217 e. The Hall–Kier alpha value is -2.54. The Morgan fingerprint density at radius 2 is 2.00 bits per heavy atom. The second-order valence-corrected chi connectivity index (χ2v) is 7.75. The zero-order valence-electron chi connectivity index (χ0n) is 18.1. The molecule has 0 aliphatic carbocycles. The fourth-order valence-corrected chi connectivity index (χ4v) is 3.70. The highest BCUT2D eigenvalue weighted by molar-refractivity contribution is 5.92. The van der Waals surface area contributed by atoms with E-state index in [2.05, 4.69) is 40.4 Å². The Bertz CT molecular complexity index is 864. The van der Waals surface area contributed by atoms with Crippen LogP contribution in [0.1, 0.15) is 87.1 Å². The number of carbonyl (C=O) groups is 1. The first kappa shape index (κ1) is 22.2. The fraction of sp³-hybridized carbons (Fsp3) is 0.522. The summed E-state index contributed by atoms with van der Waals surface area (Å²) in [7, 11) is 0. The van der Waals surface area contributed by atoms with Crippen LogP contribution in [0.3, 0.4) is 0 Å². The van der Waals surface area contributed by atoms with Gasteiger partial charge >= 0.3 is 0 Å². The monoisotopic (exact) mass is 413 g/mol. The summed E-state index contributed by atoms with van der Waals surface area (Å²) < 4.78 is 15.7. The van der Waals surface area contributed by atoms with Gasteiger partial charge < -0.3 is 5.01 Å². The molecule has 6 nitrogen and oxygen atoms in total. The summed E-state index contributed by atoms with van der Waals surface area (Å²) in [5, 5.41) is 6.46. The predicted octanol–water partition coefficient (Wildman–Crippen LogP) is 4.78. The van der Waals surface area contributed by atoms with Crippen molar-refractivity contribution in [2.45, 2.75) is 65.1 Å². The lowest BCUT2D eigenvalue weighted by Gasteiger charge is -2.19. The van der Waals surface area contributed by atoms with Gasteiger partial charge in [-0.25, -0.2) is 19.5 Å². The van der Waals surface area contributed by atoms with E-state index < -0.39 is 6.17 Å². The molecule has 2 unspecified atom stereocenters. The first-order chi connectivity index (χ1) is 14.5. The van der Waals surface area contributed by atoms with Gasteiger partial charge in [-0.05, 0) is 31.4 Å². The number of fused-ring (bicyclic) bond motifs is 1. The van der Waals surface area contributed by atoms with E-state index in [9.17, 15) is 9.18 Å². The first-order valence-electron chi connectivity index (χ1n) is 10.9. The van der Waals surface area contributed by atoms with Crippen LogP contribution in [0.2, 0.25) is 0 Å². The van der Waals surface area contributed by atoms with Crippen LogP contribution >= 0.6 is 0 Å². The van der Waals surface area contributed by atoms with Crippen LogP contribution in [0.4, 0.5) is 4.39 Å². The van der Waals surface area contributed by atoms with Gasteiger partial charge in [-0.1, -0.05) is 50.6 Å². The number of Topliss-reactive ketones (excluding diaryl/α,β-unsaturated/α-hetero) is 1. The van der Waals surface area contributed by atoms with E-state index >= 15 is 0 Å². The molecule has 1 aromatic heterocycles. The average molecular weight is 414 g/mol. The van der Waals surface area contributed by atoms with Crippen LogP contribution in [0, 0.1) is 0 Å².